The van der Waals surface area contributed by atoms with E-state index in [1.807, 2.05) is 20.8 Å². The minimum Gasteiger partial charge on any atom is -0.465 e. The SMILES string of the molecule is C=C[C@]12CC[C@H](O)[C@](C)(COC(=O)/C(C)=C/C)C1CC[C@]1(C)C2CC=C2C3CC(C)(C)[C@@H](O)[C@H](O)[C@]3(COC(=O)CCCCC)[C@H](O)C[C@]21C. The average molecular weight is 699 g/mol. The van der Waals surface area contributed by atoms with E-state index in [0.29, 0.717) is 31.3 Å². The van der Waals surface area contributed by atoms with Crippen molar-refractivity contribution in [2.24, 2.45) is 50.2 Å². The van der Waals surface area contributed by atoms with Gasteiger partial charge in [-0.3, -0.25) is 4.79 Å². The van der Waals surface area contributed by atoms with Crippen LogP contribution in [0.5, 0.6) is 0 Å². The van der Waals surface area contributed by atoms with E-state index < -0.39 is 46.1 Å². The van der Waals surface area contributed by atoms with Gasteiger partial charge in [0.25, 0.3) is 0 Å². The van der Waals surface area contributed by atoms with E-state index in [9.17, 15) is 30.0 Å². The average Bonchev–Trinajstić information content (AvgIpc) is 3.07. The van der Waals surface area contributed by atoms with Crippen LogP contribution in [0.4, 0.5) is 0 Å². The molecule has 8 nitrogen and oxygen atoms in total. The van der Waals surface area contributed by atoms with E-state index in [1.165, 1.54) is 5.57 Å². The summed E-state index contributed by atoms with van der Waals surface area (Å²) < 4.78 is 11.8. The fourth-order valence-electron chi connectivity index (χ4n) is 12.1. The maximum atomic E-state index is 12.9. The molecule has 8 heteroatoms. The first-order valence-corrected chi connectivity index (χ1v) is 19.4. The summed E-state index contributed by atoms with van der Waals surface area (Å²) in [7, 11) is 0. The molecule has 0 aromatic rings. The van der Waals surface area contributed by atoms with Gasteiger partial charge in [0.1, 0.15) is 6.61 Å². The second kappa shape index (κ2) is 13.8. The zero-order valence-corrected chi connectivity index (χ0v) is 32.1. The summed E-state index contributed by atoms with van der Waals surface area (Å²) in [6, 6.07) is 0. The van der Waals surface area contributed by atoms with Gasteiger partial charge in [-0.25, -0.2) is 4.79 Å². The van der Waals surface area contributed by atoms with Crippen LogP contribution in [0.1, 0.15) is 126 Å². The highest BCUT2D eigenvalue weighted by atomic mass is 16.5. The molecule has 0 spiro atoms. The van der Waals surface area contributed by atoms with Crippen LogP contribution < -0.4 is 0 Å². The highest BCUT2D eigenvalue weighted by Crippen LogP contribution is 2.76. The second-order valence-electron chi connectivity index (χ2n) is 18.3. The number of carbonyl (C=O) groups excluding carboxylic acids is 2. The summed E-state index contributed by atoms with van der Waals surface area (Å²) in [6.45, 7) is 20.8. The number of hydrogen-bond acceptors (Lipinski definition) is 8. The molecule has 4 saturated carbocycles. The van der Waals surface area contributed by atoms with Gasteiger partial charge in [0.05, 0.1) is 36.4 Å². The van der Waals surface area contributed by atoms with Crippen molar-refractivity contribution in [3.05, 3.63) is 36.0 Å². The first-order chi connectivity index (χ1) is 23.4. The molecule has 0 bridgehead atoms. The predicted molar refractivity (Wildman–Crippen MR) is 194 cm³/mol. The molecule has 0 aliphatic heterocycles. The lowest BCUT2D eigenvalue weighted by Crippen LogP contribution is -2.72. The third-order valence-corrected chi connectivity index (χ3v) is 15.6. The maximum absolute atomic E-state index is 12.9. The van der Waals surface area contributed by atoms with E-state index >= 15 is 0 Å². The number of esters is 2. The number of allylic oxidation sites excluding steroid dienone is 4. The maximum Gasteiger partial charge on any atom is 0.333 e. The van der Waals surface area contributed by atoms with Crippen LogP contribution >= 0.6 is 0 Å². The van der Waals surface area contributed by atoms with Gasteiger partial charge in [-0.1, -0.05) is 78.2 Å². The fraction of sp³-hybridized carbons (Fsp3) is 0.810. The lowest BCUT2D eigenvalue weighted by Gasteiger charge is -2.72. The molecular weight excluding hydrogens is 632 g/mol. The van der Waals surface area contributed by atoms with Gasteiger partial charge in [-0.15, -0.1) is 6.58 Å². The van der Waals surface area contributed by atoms with Crippen molar-refractivity contribution in [3.63, 3.8) is 0 Å². The van der Waals surface area contributed by atoms with Crippen molar-refractivity contribution >= 4 is 11.9 Å². The summed E-state index contributed by atoms with van der Waals surface area (Å²) in [6.07, 6.45) is 9.90. The van der Waals surface area contributed by atoms with Crippen molar-refractivity contribution in [3.8, 4) is 0 Å². The van der Waals surface area contributed by atoms with Crippen molar-refractivity contribution in [2.75, 3.05) is 13.2 Å². The van der Waals surface area contributed by atoms with E-state index in [2.05, 4.69) is 46.4 Å². The Morgan fingerprint density at radius 1 is 0.920 bits per heavy atom. The molecule has 50 heavy (non-hydrogen) atoms. The Morgan fingerprint density at radius 3 is 2.26 bits per heavy atom. The lowest BCUT2D eigenvalue weighted by molar-refractivity contribution is -0.258. The molecule has 5 rings (SSSR count). The van der Waals surface area contributed by atoms with E-state index in [0.717, 1.165) is 44.9 Å². The Bertz CT molecular complexity index is 1380. The number of hydrogen-bond donors (Lipinski definition) is 4. The highest BCUT2D eigenvalue weighted by molar-refractivity contribution is 5.87. The molecule has 4 N–H and O–H groups in total. The quantitative estimate of drug-likeness (QED) is 0.0844. The second-order valence-corrected chi connectivity index (χ2v) is 18.3. The van der Waals surface area contributed by atoms with Crippen molar-refractivity contribution in [1.82, 2.24) is 0 Å². The van der Waals surface area contributed by atoms with Gasteiger partial charge >= 0.3 is 11.9 Å². The summed E-state index contributed by atoms with van der Waals surface area (Å²) in [5.74, 6) is -0.789. The summed E-state index contributed by atoms with van der Waals surface area (Å²) in [5.41, 5.74) is -1.80. The van der Waals surface area contributed by atoms with Crippen LogP contribution in [0.15, 0.2) is 36.0 Å². The van der Waals surface area contributed by atoms with Crippen LogP contribution in [0.25, 0.3) is 0 Å². The molecule has 0 radical (unpaired) electrons. The van der Waals surface area contributed by atoms with Gasteiger partial charge < -0.3 is 29.9 Å². The smallest absolute Gasteiger partial charge is 0.333 e. The first kappa shape index (κ1) is 39.2. The monoisotopic (exact) mass is 698 g/mol. The van der Waals surface area contributed by atoms with Crippen LogP contribution in [0, 0.1) is 50.2 Å². The standard InChI is InChI=1S/C42H66O8/c1-10-13-14-15-33(45)49-25-42-28(22-37(5,6)34(46)35(42)47)27-16-17-30-39(8,40(27,9)23-32(42)44)20-18-29-38(7,24-50-36(48)26(4)11-2)31(43)19-21-41(29,30)12-3/h11-12,16,28-32,34-35,43-44,46-47H,3,10,13-15,17-25H2,1-2,4-9H3/b26-11+/t28?,29?,30?,31-,32+,34-,35-,38+,39+,40+,41-,42-/m0/s1. The molecule has 0 amide bonds. The molecule has 0 aromatic carbocycles. The Balaban J connectivity index is 1.55. The molecule has 12 atom stereocenters. The van der Waals surface area contributed by atoms with Gasteiger partial charge in [0.2, 0.25) is 0 Å². The molecule has 0 saturated heterocycles. The van der Waals surface area contributed by atoms with Gasteiger partial charge in [0.15, 0.2) is 0 Å². The number of carbonyl (C=O) groups is 2. The number of aliphatic hydroxyl groups is 4. The number of fused-ring (bicyclic) bond motifs is 7. The van der Waals surface area contributed by atoms with Gasteiger partial charge in [-0.2, -0.15) is 0 Å². The zero-order valence-electron chi connectivity index (χ0n) is 32.1. The highest BCUT2D eigenvalue weighted by Gasteiger charge is 2.73. The first-order valence-electron chi connectivity index (χ1n) is 19.4. The number of unbranched alkanes of at least 4 members (excludes halogenated alkanes) is 2. The molecule has 5 aliphatic rings. The van der Waals surface area contributed by atoms with Crippen LogP contribution in [0.3, 0.4) is 0 Å². The molecule has 282 valence electrons. The summed E-state index contributed by atoms with van der Waals surface area (Å²) in [5, 5.41) is 47.4. The Morgan fingerprint density at radius 2 is 1.62 bits per heavy atom. The summed E-state index contributed by atoms with van der Waals surface area (Å²) >= 11 is 0. The molecule has 0 heterocycles. The third kappa shape index (κ3) is 5.69. The Hall–Kier alpha value is -2.00. The zero-order chi connectivity index (χ0) is 37.1. The van der Waals surface area contributed by atoms with E-state index in [-0.39, 0.29) is 53.7 Å². The fourth-order valence-corrected chi connectivity index (χ4v) is 12.1. The van der Waals surface area contributed by atoms with Crippen LogP contribution in [-0.4, -0.2) is 70.0 Å². The van der Waals surface area contributed by atoms with Crippen LogP contribution in [-0.2, 0) is 19.1 Å². The number of aliphatic hydroxyl groups excluding tert-OH is 4. The third-order valence-electron chi connectivity index (χ3n) is 15.6. The molecule has 0 aromatic heterocycles. The van der Waals surface area contributed by atoms with Crippen LogP contribution in [0.2, 0.25) is 0 Å². The Kier molecular flexibility index (Phi) is 10.8. The number of ether oxygens (including phenoxy) is 2. The molecule has 5 aliphatic carbocycles. The number of rotatable bonds is 10. The van der Waals surface area contributed by atoms with Gasteiger partial charge in [-0.05, 0) is 105 Å². The normalized spacial score (nSPS) is 45.2. The predicted octanol–water partition coefficient (Wildman–Crippen LogP) is 6.84. The van der Waals surface area contributed by atoms with Crippen molar-refractivity contribution in [2.45, 2.75) is 150 Å². The summed E-state index contributed by atoms with van der Waals surface area (Å²) in [4.78, 5) is 25.7. The van der Waals surface area contributed by atoms with Gasteiger partial charge in [0, 0.05) is 17.4 Å². The molecule has 4 fully saturated rings. The van der Waals surface area contributed by atoms with E-state index in [4.69, 9.17) is 9.47 Å². The molecular formula is C42H66O8. The largest absolute Gasteiger partial charge is 0.465 e. The lowest BCUT2D eigenvalue weighted by atomic mass is 9.32. The Labute approximate surface area is 300 Å². The topological polar surface area (TPSA) is 134 Å². The van der Waals surface area contributed by atoms with Crippen molar-refractivity contribution in [1.29, 1.82) is 0 Å². The minimum absolute atomic E-state index is 0.0388. The minimum atomic E-state index is -1.27. The van der Waals surface area contributed by atoms with Crippen molar-refractivity contribution < 1.29 is 39.5 Å². The van der Waals surface area contributed by atoms with E-state index in [1.54, 1.807) is 13.0 Å². The molecule has 3 unspecified atom stereocenters.